The number of H-pyrrole nitrogens is 1. The molecule has 4 nitrogen and oxygen atoms in total. The minimum atomic E-state index is 0.146. The second-order valence-corrected chi connectivity index (χ2v) is 7.93. The quantitative estimate of drug-likeness (QED) is 0.935. The van der Waals surface area contributed by atoms with Gasteiger partial charge in [0.1, 0.15) is 0 Å². The van der Waals surface area contributed by atoms with E-state index in [1.807, 2.05) is 6.20 Å². The third kappa shape index (κ3) is 2.82. The van der Waals surface area contributed by atoms with E-state index in [4.69, 9.17) is 0 Å². The zero-order chi connectivity index (χ0) is 15.7. The van der Waals surface area contributed by atoms with Crippen LogP contribution >= 0.6 is 11.3 Å². The number of nitrogens with one attached hydrogen (secondary N) is 1. The summed E-state index contributed by atoms with van der Waals surface area (Å²) in [4.78, 5) is 16.1. The van der Waals surface area contributed by atoms with Gasteiger partial charge in [-0.05, 0) is 55.5 Å². The molecule has 5 heteroatoms. The van der Waals surface area contributed by atoms with Crippen molar-refractivity contribution in [1.29, 1.82) is 0 Å². The second-order valence-electron chi connectivity index (χ2n) is 6.90. The topological polar surface area (TPSA) is 49.0 Å². The first-order valence-corrected chi connectivity index (χ1v) is 9.48. The van der Waals surface area contributed by atoms with Crippen LogP contribution in [-0.2, 0) is 23.1 Å². The molecule has 2 aromatic heterocycles. The van der Waals surface area contributed by atoms with Crippen molar-refractivity contribution in [3.63, 3.8) is 0 Å². The van der Waals surface area contributed by atoms with Crippen LogP contribution in [0.15, 0.2) is 23.7 Å². The fourth-order valence-electron chi connectivity index (χ4n) is 4.24. The Labute approximate surface area is 140 Å². The van der Waals surface area contributed by atoms with Crippen molar-refractivity contribution in [3.8, 4) is 0 Å². The summed E-state index contributed by atoms with van der Waals surface area (Å²) in [7, 11) is 0. The number of amides is 1. The fourth-order valence-corrected chi connectivity index (χ4v) is 4.99. The van der Waals surface area contributed by atoms with E-state index in [1.165, 1.54) is 22.6 Å². The van der Waals surface area contributed by atoms with Gasteiger partial charge in [-0.25, -0.2) is 0 Å². The molecule has 1 saturated heterocycles. The van der Waals surface area contributed by atoms with Gasteiger partial charge >= 0.3 is 0 Å². The number of likely N-dealkylation sites (tertiary alicyclic amines) is 1. The number of hydrogen-bond donors (Lipinski definition) is 1. The lowest BCUT2D eigenvalue weighted by atomic mass is 9.77. The average Bonchev–Trinajstić information content (AvgIpc) is 3.28. The fraction of sp³-hybridized carbons (Fsp3) is 0.556. The van der Waals surface area contributed by atoms with E-state index in [0.717, 1.165) is 45.2 Å². The Balaban J connectivity index is 1.37. The van der Waals surface area contributed by atoms with Crippen LogP contribution in [0.5, 0.6) is 0 Å². The molecule has 0 bridgehead atoms. The smallest absolute Gasteiger partial charge is 0.222 e. The summed E-state index contributed by atoms with van der Waals surface area (Å²) in [5.41, 5.74) is 2.80. The van der Waals surface area contributed by atoms with Crippen LogP contribution in [0.25, 0.3) is 0 Å². The molecule has 0 aromatic carbocycles. The summed E-state index contributed by atoms with van der Waals surface area (Å²) in [5, 5.41) is 9.53. The third-order valence-corrected chi connectivity index (χ3v) is 6.38. The Morgan fingerprint density at radius 3 is 3.26 bits per heavy atom. The molecule has 3 heterocycles. The molecule has 1 unspecified atom stereocenters. The van der Waals surface area contributed by atoms with E-state index in [9.17, 15) is 4.79 Å². The van der Waals surface area contributed by atoms with Gasteiger partial charge in [0.05, 0.1) is 6.20 Å². The van der Waals surface area contributed by atoms with Crippen LogP contribution in [-0.4, -0.2) is 34.1 Å². The molecule has 1 aliphatic heterocycles. The highest BCUT2D eigenvalue weighted by molar-refractivity contribution is 7.09. The van der Waals surface area contributed by atoms with Gasteiger partial charge in [0.25, 0.3) is 0 Å². The summed E-state index contributed by atoms with van der Waals surface area (Å²) in [6, 6.07) is 4.24. The number of nitrogens with zero attached hydrogens (tertiary/aromatic N) is 2. The van der Waals surface area contributed by atoms with Crippen molar-refractivity contribution in [2.24, 2.45) is 0 Å². The molecule has 2 aliphatic rings. The van der Waals surface area contributed by atoms with Crippen LogP contribution in [0, 0.1) is 0 Å². The molecule has 1 spiro atoms. The SMILES string of the molecule is O=C(CCCc1cccs1)N1CCCC2(CCc3cn[nH]c32)C1. The van der Waals surface area contributed by atoms with Gasteiger partial charge in [-0.15, -0.1) is 11.3 Å². The number of aromatic nitrogens is 2. The first-order valence-electron chi connectivity index (χ1n) is 8.60. The predicted molar refractivity (Wildman–Crippen MR) is 91.7 cm³/mol. The molecule has 1 aliphatic carbocycles. The monoisotopic (exact) mass is 329 g/mol. The lowest BCUT2D eigenvalue weighted by Crippen LogP contribution is -2.47. The Morgan fingerprint density at radius 2 is 2.39 bits per heavy atom. The molecule has 4 rings (SSSR count). The number of aromatic amines is 1. The Kier molecular flexibility index (Phi) is 3.97. The zero-order valence-electron chi connectivity index (χ0n) is 13.4. The van der Waals surface area contributed by atoms with E-state index in [-0.39, 0.29) is 5.41 Å². The van der Waals surface area contributed by atoms with Crippen molar-refractivity contribution in [2.75, 3.05) is 13.1 Å². The molecule has 0 radical (unpaired) electrons. The highest BCUT2D eigenvalue weighted by Crippen LogP contribution is 2.43. The molecule has 2 aromatic rings. The van der Waals surface area contributed by atoms with Crippen LogP contribution in [0.2, 0.25) is 0 Å². The normalized spacial score (nSPS) is 23.4. The molecular weight excluding hydrogens is 306 g/mol. The van der Waals surface area contributed by atoms with Crippen molar-refractivity contribution in [2.45, 2.75) is 50.4 Å². The number of carbonyl (C=O) groups excluding carboxylic acids is 1. The van der Waals surface area contributed by atoms with Crippen molar-refractivity contribution < 1.29 is 4.79 Å². The first-order chi connectivity index (χ1) is 11.3. The molecule has 1 amide bonds. The summed E-state index contributed by atoms with van der Waals surface area (Å²) in [6.07, 6.45) is 9.17. The highest BCUT2D eigenvalue weighted by atomic mass is 32.1. The number of thiophene rings is 1. The third-order valence-electron chi connectivity index (χ3n) is 5.44. The van der Waals surface area contributed by atoms with E-state index < -0.39 is 0 Å². The maximum atomic E-state index is 12.6. The highest BCUT2D eigenvalue weighted by Gasteiger charge is 2.44. The number of hydrogen-bond acceptors (Lipinski definition) is 3. The molecule has 1 fully saturated rings. The van der Waals surface area contributed by atoms with Crippen LogP contribution in [0.1, 0.15) is 48.2 Å². The van der Waals surface area contributed by atoms with E-state index in [0.29, 0.717) is 12.3 Å². The summed E-state index contributed by atoms with van der Waals surface area (Å²) >= 11 is 1.78. The van der Waals surface area contributed by atoms with Crippen LogP contribution in [0.4, 0.5) is 0 Å². The molecule has 23 heavy (non-hydrogen) atoms. The average molecular weight is 329 g/mol. The number of rotatable bonds is 4. The van der Waals surface area contributed by atoms with E-state index in [1.54, 1.807) is 11.3 Å². The van der Waals surface area contributed by atoms with Gasteiger partial charge in [0.2, 0.25) is 5.91 Å². The minimum Gasteiger partial charge on any atom is -0.342 e. The number of fused-ring (bicyclic) bond motifs is 2. The Morgan fingerprint density at radius 1 is 1.43 bits per heavy atom. The first kappa shape index (κ1) is 14.9. The summed E-state index contributed by atoms with van der Waals surface area (Å²) in [6.45, 7) is 1.79. The van der Waals surface area contributed by atoms with Gasteiger partial charge in [-0.1, -0.05) is 6.07 Å². The maximum absolute atomic E-state index is 12.6. The second kappa shape index (κ2) is 6.11. The van der Waals surface area contributed by atoms with Crippen LogP contribution < -0.4 is 0 Å². The molecular formula is C18H23N3OS. The van der Waals surface area contributed by atoms with E-state index >= 15 is 0 Å². The predicted octanol–water partition coefficient (Wildman–Crippen LogP) is 3.30. The zero-order valence-corrected chi connectivity index (χ0v) is 14.2. The molecule has 1 atom stereocenters. The minimum absolute atomic E-state index is 0.146. The molecule has 0 saturated carbocycles. The largest absolute Gasteiger partial charge is 0.342 e. The summed E-state index contributed by atoms with van der Waals surface area (Å²) < 4.78 is 0. The van der Waals surface area contributed by atoms with Gasteiger partial charge in [-0.3, -0.25) is 9.89 Å². The molecule has 1 N–H and O–H groups in total. The Hall–Kier alpha value is -1.62. The Bertz CT molecular complexity index is 678. The molecule has 122 valence electrons. The van der Waals surface area contributed by atoms with Gasteiger partial charge in [0.15, 0.2) is 0 Å². The lowest BCUT2D eigenvalue weighted by Gasteiger charge is -2.40. The lowest BCUT2D eigenvalue weighted by molar-refractivity contribution is -0.133. The number of aryl methyl sites for hydroxylation is 2. The van der Waals surface area contributed by atoms with Crippen molar-refractivity contribution >= 4 is 17.2 Å². The van der Waals surface area contributed by atoms with Crippen LogP contribution in [0.3, 0.4) is 0 Å². The van der Waals surface area contributed by atoms with Gasteiger partial charge in [-0.2, -0.15) is 5.10 Å². The van der Waals surface area contributed by atoms with Crippen molar-refractivity contribution in [1.82, 2.24) is 15.1 Å². The number of piperidine rings is 1. The summed E-state index contributed by atoms with van der Waals surface area (Å²) in [5.74, 6) is 0.327. The van der Waals surface area contributed by atoms with Crippen molar-refractivity contribution in [3.05, 3.63) is 39.8 Å². The van der Waals surface area contributed by atoms with Gasteiger partial charge < -0.3 is 4.90 Å². The standard InChI is InChI=1S/C18H23N3OS/c22-16(6-1-4-15-5-2-11-23-15)21-10-3-8-18(13-21)9-7-14-12-19-20-17(14)18/h2,5,11-12H,1,3-4,6-10,13H2,(H,19,20). The number of carbonyl (C=O) groups is 1. The van der Waals surface area contributed by atoms with E-state index in [2.05, 4.69) is 32.6 Å². The van der Waals surface area contributed by atoms with Gasteiger partial charge in [0, 0.05) is 35.5 Å². The maximum Gasteiger partial charge on any atom is 0.222 e.